The summed E-state index contributed by atoms with van der Waals surface area (Å²) < 4.78 is 11.6. The number of hydrogen-bond acceptors (Lipinski definition) is 6. The summed E-state index contributed by atoms with van der Waals surface area (Å²) in [6.07, 6.45) is 2.59. The minimum Gasteiger partial charge on any atom is -0.490 e. The van der Waals surface area contributed by atoms with Crippen LogP contribution in [-0.4, -0.2) is 34.4 Å². The van der Waals surface area contributed by atoms with Crippen LogP contribution in [0.1, 0.15) is 36.2 Å². The van der Waals surface area contributed by atoms with Gasteiger partial charge in [0.05, 0.1) is 18.1 Å². The van der Waals surface area contributed by atoms with Crippen molar-refractivity contribution in [2.45, 2.75) is 20.3 Å². The molecule has 31 heavy (non-hydrogen) atoms. The average Bonchev–Trinajstić information content (AvgIpc) is 3.00. The molecule has 1 aliphatic rings. The van der Waals surface area contributed by atoms with Crippen LogP contribution in [0.5, 0.6) is 11.5 Å². The van der Waals surface area contributed by atoms with Crippen molar-refractivity contribution in [3.05, 3.63) is 63.5 Å². The van der Waals surface area contributed by atoms with Crippen LogP contribution in [0.3, 0.4) is 0 Å². The van der Waals surface area contributed by atoms with E-state index in [0.717, 1.165) is 28.8 Å². The Labute approximate surface area is 195 Å². The third-order valence-corrected chi connectivity index (χ3v) is 5.66. The summed E-state index contributed by atoms with van der Waals surface area (Å²) in [4.78, 5) is 25.7. The zero-order chi connectivity index (χ0) is 22.4. The number of carbonyl (C=O) groups excluding carboxylic acids is 2. The van der Waals surface area contributed by atoms with Gasteiger partial charge in [-0.3, -0.25) is 15.0 Å². The molecule has 1 N–H and O–H groups in total. The minimum absolute atomic E-state index is 0.236. The second-order valence-electron chi connectivity index (χ2n) is 6.46. The van der Waals surface area contributed by atoms with Gasteiger partial charge in [0.1, 0.15) is 0 Å². The van der Waals surface area contributed by atoms with Gasteiger partial charge in [-0.2, -0.15) is 5.01 Å². The van der Waals surface area contributed by atoms with E-state index in [1.807, 2.05) is 32.0 Å². The number of amides is 2. The molecule has 0 saturated carbocycles. The molecule has 9 heteroatoms. The lowest BCUT2D eigenvalue weighted by molar-refractivity contribution is -0.123. The van der Waals surface area contributed by atoms with Gasteiger partial charge in [-0.1, -0.05) is 42.4 Å². The van der Waals surface area contributed by atoms with Crippen molar-refractivity contribution >= 4 is 57.8 Å². The molecule has 0 atom stereocenters. The summed E-state index contributed by atoms with van der Waals surface area (Å²) >= 11 is 12.3. The van der Waals surface area contributed by atoms with Crippen molar-refractivity contribution in [3.63, 3.8) is 0 Å². The fourth-order valence-corrected chi connectivity index (χ4v) is 4.10. The molecule has 1 fully saturated rings. The summed E-state index contributed by atoms with van der Waals surface area (Å²) in [5.74, 6) is 0.377. The largest absolute Gasteiger partial charge is 0.490 e. The quantitative estimate of drug-likeness (QED) is 0.423. The molecule has 2 amide bonds. The molecule has 1 aliphatic heterocycles. The first-order chi connectivity index (χ1) is 14.9. The van der Waals surface area contributed by atoms with E-state index in [9.17, 15) is 9.59 Å². The third-order valence-electron chi connectivity index (χ3n) is 4.12. The first-order valence-corrected chi connectivity index (χ1v) is 11.3. The Balaban J connectivity index is 1.78. The number of thiocarbonyl (C=S) groups is 1. The molecular formula is C22H21ClN2O4S2. The average molecular weight is 477 g/mol. The second-order valence-corrected chi connectivity index (χ2v) is 8.57. The van der Waals surface area contributed by atoms with Crippen LogP contribution >= 0.6 is 35.6 Å². The third kappa shape index (κ3) is 5.78. The van der Waals surface area contributed by atoms with E-state index in [4.69, 9.17) is 33.3 Å². The summed E-state index contributed by atoms with van der Waals surface area (Å²) in [5.41, 5.74) is 3.63. The first-order valence-electron chi connectivity index (χ1n) is 9.67. The normalized spacial score (nSPS) is 14.8. The van der Waals surface area contributed by atoms with Crippen LogP contribution in [0.2, 0.25) is 5.02 Å². The Morgan fingerprint density at radius 1 is 1.19 bits per heavy atom. The Kier molecular flexibility index (Phi) is 7.95. The molecular weight excluding hydrogens is 456 g/mol. The van der Waals surface area contributed by atoms with Crippen molar-refractivity contribution in [1.29, 1.82) is 0 Å². The monoisotopic (exact) mass is 476 g/mol. The Hall–Kier alpha value is -2.55. The van der Waals surface area contributed by atoms with Crippen LogP contribution < -0.4 is 14.9 Å². The maximum Gasteiger partial charge on any atom is 0.285 e. The maximum atomic E-state index is 12.8. The lowest BCUT2D eigenvalue weighted by Gasteiger charge is -2.15. The summed E-state index contributed by atoms with van der Waals surface area (Å²) in [6, 6.07) is 11.9. The number of benzene rings is 2. The molecule has 2 aromatic rings. The number of rotatable bonds is 8. The highest BCUT2D eigenvalue weighted by molar-refractivity contribution is 8.26. The predicted molar refractivity (Wildman–Crippen MR) is 127 cm³/mol. The number of hydrogen-bond donors (Lipinski definition) is 1. The van der Waals surface area contributed by atoms with Crippen molar-refractivity contribution < 1.29 is 19.1 Å². The standard InChI is InChI=1S/C22H21ClN2O4S2/c1-3-10-29-17-9-8-14(11-18(17)28-4-2)12-19-21(27)25(22(30)31-19)24-20(26)15-6-5-7-16(23)13-15/h5-9,11-13H,3-4,10H2,1-2H3,(H,24,26)/b19-12-. The SMILES string of the molecule is CCCOc1ccc(/C=C2\SC(=S)N(NC(=O)c3cccc(Cl)c3)C2=O)cc1OCC. The molecule has 3 rings (SSSR count). The van der Waals surface area contributed by atoms with E-state index >= 15 is 0 Å². The number of thioether (sulfide) groups is 1. The van der Waals surface area contributed by atoms with Crippen molar-refractivity contribution in [1.82, 2.24) is 10.4 Å². The van der Waals surface area contributed by atoms with E-state index in [1.54, 1.807) is 24.3 Å². The molecule has 0 aromatic heterocycles. The predicted octanol–water partition coefficient (Wildman–Crippen LogP) is 5.07. The van der Waals surface area contributed by atoms with Crippen LogP contribution in [0.15, 0.2) is 47.4 Å². The Morgan fingerprint density at radius 3 is 2.71 bits per heavy atom. The van der Waals surface area contributed by atoms with Gasteiger partial charge in [-0.15, -0.1) is 0 Å². The van der Waals surface area contributed by atoms with Gasteiger partial charge in [0.15, 0.2) is 15.8 Å². The molecule has 2 aromatic carbocycles. The van der Waals surface area contributed by atoms with E-state index in [1.165, 1.54) is 6.07 Å². The highest BCUT2D eigenvalue weighted by Crippen LogP contribution is 2.34. The highest BCUT2D eigenvalue weighted by atomic mass is 35.5. The molecule has 0 unspecified atom stereocenters. The lowest BCUT2D eigenvalue weighted by Crippen LogP contribution is -2.44. The molecule has 1 heterocycles. The number of nitrogens with zero attached hydrogens (tertiary/aromatic N) is 1. The van der Waals surface area contributed by atoms with E-state index in [0.29, 0.717) is 40.2 Å². The summed E-state index contributed by atoms with van der Waals surface area (Å²) in [6.45, 7) is 5.00. The fourth-order valence-electron chi connectivity index (χ4n) is 2.73. The van der Waals surface area contributed by atoms with E-state index < -0.39 is 11.8 Å². The summed E-state index contributed by atoms with van der Waals surface area (Å²) in [5, 5.41) is 1.49. The number of halogens is 1. The van der Waals surface area contributed by atoms with Crippen molar-refractivity contribution in [3.8, 4) is 11.5 Å². The molecule has 0 radical (unpaired) electrons. The van der Waals surface area contributed by atoms with Gasteiger partial charge in [-0.05, 0) is 67.5 Å². The van der Waals surface area contributed by atoms with Crippen LogP contribution in [0, 0.1) is 0 Å². The molecule has 0 spiro atoms. The van der Waals surface area contributed by atoms with Gasteiger partial charge in [0.25, 0.3) is 11.8 Å². The molecule has 6 nitrogen and oxygen atoms in total. The number of carbonyl (C=O) groups is 2. The second kappa shape index (κ2) is 10.7. The number of ether oxygens (including phenoxy) is 2. The van der Waals surface area contributed by atoms with Gasteiger partial charge >= 0.3 is 0 Å². The minimum atomic E-state index is -0.476. The van der Waals surface area contributed by atoms with Crippen molar-refractivity contribution in [2.24, 2.45) is 0 Å². The Morgan fingerprint density at radius 2 is 2.00 bits per heavy atom. The fraction of sp³-hybridized carbons (Fsp3) is 0.227. The Bertz CT molecular complexity index is 1040. The smallest absolute Gasteiger partial charge is 0.285 e. The van der Waals surface area contributed by atoms with E-state index in [-0.39, 0.29) is 4.32 Å². The van der Waals surface area contributed by atoms with Crippen LogP contribution in [0.25, 0.3) is 6.08 Å². The molecule has 0 aliphatic carbocycles. The molecule has 0 bridgehead atoms. The first kappa shape index (κ1) is 23.1. The van der Waals surface area contributed by atoms with Gasteiger partial charge in [0, 0.05) is 10.6 Å². The van der Waals surface area contributed by atoms with Crippen LogP contribution in [-0.2, 0) is 4.79 Å². The van der Waals surface area contributed by atoms with Crippen LogP contribution in [0.4, 0.5) is 0 Å². The number of hydrazine groups is 1. The molecule has 162 valence electrons. The number of nitrogens with one attached hydrogen (secondary N) is 1. The topological polar surface area (TPSA) is 67.9 Å². The zero-order valence-electron chi connectivity index (χ0n) is 17.0. The van der Waals surface area contributed by atoms with E-state index in [2.05, 4.69) is 5.43 Å². The molecule has 1 saturated heterocycles. The van der Waals surface area contributed by atoms with Gasteiger partial charge in [-0.25, -0.2) is 0 Å². The van der Waals surface area contributed by atoms with Gasteiger partial charge in [0.2, 0.25) is 0 Å². The summed E-state index contributed by atoms with van der Waals surface area (Å²) in [7, 11) is 0. The highest BCUT2D eigenvalue weighted by Gasteiger charge is 2.33. The lowest BCUT2D eigenvalue weighted by atomic mass is 10.2. The maximum absolute atomic E-state index is 12.8. The van der Waals surface area contributed by atoms with Gasteiger partial charge < -0.3 is 9.47 Å². The zero-order valence-corrected chi connectivity index (χ0v) is 19.4. The van der Waals surface area contributed by atoms with Crippen molar-refractivity contribution in [2.75, 3.05) is 13.2 Å².